The first-order chi connectivity index (χ1) is 9.61. The van der Waals surface area contributed by atoms with Crippen molar-refractivity contribution in [1.82, 2.24) is 15.6 Å². The second-order valence-corrected chi connectivity index (χ2v) is 6.36. The number of hydrogen-bond donors (Lipinski definition) is 2. The summed E-state index contributed by atoms with van der Waals surface area (Å²) in [7, 11) is 1.78. The van der Waals surface area contributed by atoms with E-state index in [2.05, 4.69) is 41.4 Å². The highest BCUT2D eigenvalue weighted by atomic mass is 32.1. The quantitative estimate of drug-likeness (QED) is 0.439. The summed E-state index contributed by atoms with van der Waals surface area (Å²) in [6, 6.07) is 0. The Morgan fingerprint density at radius 2 is 2.25 bits per heavy atom. The summed E-state index contributed by atoms with van der Waals surface area (Å²) in [5, 5.41) is 7.60. The normalized spacial score (nSPS) is 11.9. The minimum absolute atomic E-state index is 0.596. The number of ether oxygens (including phenoxy) is 1. The van der Waals surface area contributed by atoms with Gasteiger partial charge in [0.15, 0.2) is 5.96 Å². The predicted molar refractivity (Wildman–Crippen MR) is 85.3 cm³/mol. The Morgan fingerprint density at radius 1 is 1.45 bits per heavy atom. The van der Waals surface area contributed by atoms with Gasteiger partial charge in [-0.3, -0.25) is 4.99 Å². The maximum absolute atomic E-state index is 5.53. The molecule has 0 bridgehead atoms. The first-order valence-electron chi connectivity index (χ1n) is 7.05. The molecule has 0 saturated heterocycles. The van der Waals surface area contributed by atoms with Crippen molar-refractivity contribution in [2.24, 2.45) is 10.9 Å². The molecule has 0 aliphatic carbocycles. The molecule has 0 aliphatic rings. The van der Waals surface area contributed by atoms with E-state index in [0.717, 1.165) is 37.1 Å². The van der Waals surface area contributed by atoms with Crippen molar-refractivity contribution in [3.63, 3.8) is 0 Å². The van der Waals surface area contributed by atoms with Crippen LogP contribution in [0.2, 0.25) is 0 Å². The first-order valence-corrected chi connectivity index (χ1v) is 7.87. The Labute approximate surface area is 125 Å². The fourth-order valence-corrected chi connectivity index (χ4v) is 2.29. The number of rotatable bonds is 8. The molecule has 6 heteroatoms. The Morgan fingerprint density at radius 3 is 2.85 bits per heavy atom. The summed E-state index contributed by atoms with van der Waals surface area (Å²) in [5.74, 6) is 1.40. The molecule has 20 heavy (non-hydrogen) atoms. The van der Waals surface area contributed by atoms with Gasteiger partial charge in [0.2, 0.25) is 0 Å². The van der Waals surface area contributed by atoms with Gasteiger partial charge in [0.25, 0.3) is 0 Å². The molecule has 1 heterocycles. The van der Waals surface area contributed by atoms with E-state index in [4.69, 9.17) is 4.74 Å². The van der Waals surface area contributed by atoms with Gasteiger partial charge >= 0.3 is 0 Å². The monoisotopic (exact) mass is 298 g/mol. The summed E-state index contributed by atoms with van der Waals surface area (Å²) in [5.41, 5.74) is 0. The van der Waals surface area contributed by atoms with Crippen LogP contribution in [-0.4, -0.2) is 37.7 Å². The second-order valence-electron chi connectivity index (χ2n) is 5.04. The largest absolute Gasteiger partial charge is 0.381 e. The minimum atomic E-state index is 0.596. The molecule has 0 amide bonds. The highest BCUT2D eigenvalue weighted by Crippen LogP contribution is 2.10. The molecule has 0 atom stereocenters. The summed E-state index contributed by atoms with van der Waals surface area (Å²) in [4.78, 5) is 9.73. The van der Waals surface area contributed by atoms with Gasteiger partial charge in [0.05, 0.1) is 6.54 Å². The number of aromatic nitrogens is 1. The van der Waals surface area contributed by atoms with Crippen molar-refractivity contribution in [3.05, 3.63) is 16.1 Å². The number of thiazole rings is 1. The molecule has 0 radical (unpaired) electrons. The molecule has 1 aromatic rings. The molecule has 0 fully saturated rings. The van der Waals surface area contributed by atoms with Crippen molar-refractivity contribution < 1.29 is 4.74 Å². The van der Waals surface area contributed by atoms with E-state index in [0.29, 0.717) is 12.5 Å². The minimum Gasteiger partial charge on any atom is -0.381 e. The number of hydrogen-bond acceptors (Lipinski definition) is 4. The topological polar surface area (TPSA) is 58.5 Å². The molecule has 0 saturated carbocycles. The zero-order valence-corrected chi connectivity index (χ0v) is 13.7. The predicted octanol–water partition coefficient (Wildman–Crippen LogP) is 2.18. The molecule has 0 aliphatic heterocycles. The van der Waals surface area contributed by atoms with E-state index in [-0.39, 0.29) is 0 Å². The van der Waals surface area contributed by atoms with Gasteiger partial charge in [-0.15, -0.1) is 11.3 Å². The summed E-state index contributed by atoms with van der Waals surface area (Å²) in [6.45, 7) is 9.56. The van der Waals surface area contributed by atoms with Crippen LogP contribution in [0.1, 0.15) is 30.2 Å². The third-order valence-corrected chi connectivity index (χ3v) is 3.42. The molecule has 0 aromatic carbocycles. The van der Waals surface area contributed by atoms with Crippen molar-refractivity contribution >= 4 is 17.3 Å². The van der Waals surface area contributed by atoms with Gasteiger partial charge in [-0.25, -0.2) is 4.98 Å². The maximum Gasteiger partial charge on any atom is 0.191 e. The smallest absolute Gasteiger partial charge is 0.191 e. The summed E-state index contributed by atoms with van der Waals surface area (Å²) >= 11 is 1.70. The van der Waals surface area contributed by atoms with Crippen LogP contribution in [0.4, 0.5) is 0 Å². The number of nitrogens with one attached hydrogen (secondary N) is 2. The van der Waals surface area contributed by atoms with Crippen LogP contribution in [0.25, 0.3) is 0 Å². The van der Waals surface area contributed by atoms with Crippen LogP contribution < -0.4 is 10.6 Å². The maximum atomic E-state index is 5.53. The average molecular weight is 298 g/mol. The molecule has 1 rings (SSSR count). The fraction of sp³-hybridized carbons (Fsp3) is 0.714. The lowest BCUT2D eigenvalue weighted by Gasteiger charge is -2.11. The molecule has 114 valence electrons. The van der Waals surface area contributed by atoms with E-state index in [9.17, 15) is 0 Å². The Balaban J connectivity index is 2.11. The molecule has 0 unspecified atom stereocenters. The van der Waals surface area contributed by atoms with E-state index < -0.39 is 0 Å². The molecule has 0 spiro atoms. The summed E-state index contributed by atoms with van der Waals surface area (Å²) in [6.07, 6.45) is 2.87. The van der Waals surface area contributed by atoms with Gasteiger partial charge in [-0.05, 0) is 19.3 Å². The highest BCUT2D eigenvalue weighted by Gasteiger charge is 2.01. The lowest BCUT2D eigenvalue weighted by molar-refractivity contribution is 0.108. The SMILES string of the molecule is CN=C(NCCCOCC(C)C)NCc1ncc(C)s1. The van der Waals surface area contributed by atoms with E-state index in [1.165, 1.54) is 4.88 Å². The van der Waals surface area contributed by atoms with Crippen LogP contribution in [0.15, 0.2) is 11.2 Å². The molecule has 2 N–H and O–H groups in total. The summed E-state index contributed by atoms with van der Waals surface area (Å²) < 4.78 is 5.53. The van der Waals surface area contributed by atoms with Gasteiger partial charge in [-0.2, -0.15) is 0 Å². The zero-order chi connectivity index (χ0) is 14.8. The Kier molecular flexibility index (Phi) is 8.22. The number of guanidine groups is 1. The molecular formula is C14H26N4OS. The van der Waals surface area contributed by atoms with Crippen LogP contribution in [0, 0.1) is 12.8 Å². The van der Waals surface area contributed by atoms with E-state index in [1.54, 1.807) is 18.4 Å². The Bertz CT molecular complexity index is 404. The highest BCUT2D eigenvalue weighted by molar-refractivity contribution is 7.11. The zero-order valence-electron chi connectivity index (χ0n) is 12.9. The van der Waals surface area contributed by atoms with E-state index in [1.807, 2.05) is 6.20 Å². The Hall–Kier alpha value is -1.14. The van der Waals surface area contributed by atoms with Crippen LogP contribution in [0.5, 0.6) is 0 Å². The fourth-order valence-electron chi connectivity index (χ4n) is 1.56. The number of nitrogens with zero attached hydrogens (tertiary/aromatic N) is 2. The molecule has 1 aromatic heterocycles. The second kappa shape index (κ2) is 9.72. The van der Waals surface area contributed by atoms with Gasteiger partial charge < -0.3 is 15.4 Å². The van der Waals surface area contributed by atoms with E-state index >= 15 is 0 Å². The first kappa shape index (κ1) is 16.9. The van der Waals surface area contributed by atoms with Crippen molar-refractivity contribution in [3.8, 4) is 0 Å². The third-order valence-electron chi connectivity index (χ3n) is 2.51. The van der Waals surface area contributed by atoms with Crippen LogP contribution >= 0.6 is 11.3 Å². The lowest BCUT2D eigenvalue weighted by atomic mass is 10.2. The van der Waals surface area contributed by atoms with Crippen molar-refractivity contribution in [2.45, 2.75) is 33.7 Å². The van der Waals surface area contributed by atoms with Crippen LogP contribution in [0.3, 0.4) is 0 Å². The number of aliphatic imine (C=N–C) groups is 1. The van der Waals surface area contributed by atoms with Gasteiger partial charge in [0.1, 0.15) is 5.01 Å². The van der Waals surface area contributed by atoms with Crippen molar-refractivity contribution in [1.29, 1.82) is 0 Å². The standard InChI is InChI=1S/C14H26N4OS/c1-11(2)10-19-7-5-6-16-14(15-4)18-9-13-17-8-12(3)20-13/h8,11H,5-7,9-10H2,1-4H3,(H2,15,16,18). The van der Waals surface area contributed by atoms with Gasteiger partial charge in [0, 0.05) is 37.9 Å². The van der Waals surface area contributed by atoms with Crippen molar-refractivity contribution in [2.75, 3.05) is 26.8 Å². The molecule has 5 nitrogen and oxygen atoms in total. The molecular weight excluding hydrogens is 272 g/mol. The number of aryl methyl sites for hydroxylation is 1. The van der Waals surface area contributed by atoms with Crippen LogP contribution in [-0.2, 0) is 11.3 Å². The van der Waals surface area contributed by atoms with Gasteiger partial charge in [-0.1, -0.05) is 13.8 Å². The average Bonchev–Trinajstić information content (AvgIpc) is 2.82. The lowest BCUT2D eigenvalue weighted by Crippen LogP contribution is -2.37. The third kappa shape index (κ3) is 7.45.